The number of nitrogens with one attached hydrogen (secondary N) is 1. The van der Waals surface area contributed by atoms with Gasteiger partial charge in [-0.15, -0.1) is 0 Å². The molecule has 116 valence electrons. The molecule has 20 heavy (non-hydrogen) atoms. The summed E-state index contributed by atoms with van der Waals surface area (Å²) < 4.78 is 26.3. The number of hydrogen-bond donors (Lipinski definition) is 1. The lowest BCUT2D eigenvalue weighted by molar-refractivity contribution is -0.00125. The molecular weight excluding hydrogens is 262 g/mol. The van der Waals surface area contributed by atoms with Gasteiger partial charge in [-0.05, 0) is 13.1 Å². The second kappa shape index (κ2) is 11.9. The predicted octanol–water partition coefficient (Wildman–Crippen LogP) is 1.20. The molecule has 1 aromatic heterocycles. The average molecular weight is 287 g/mol. The van der Waals surface area contributed by atoms with Crippen molar-refractivity contribution in [1.82, 2.24) is 5.32 Å². The molecule has 0 aliphatic heterocycles. The van der Waals surface area contributed by atoms with E-state index in [1.54, 1.807) is 13.4 Å². The Morgan fingerprint density at radius 2 is 1.65 bits per heavy atom. The van der Waals surface area contributed by atoms with Crippen molar-refractivity contribution in [2.24, 2.45) is 0 Å². The minimum atomic E-state index is 0.470. The molecule has 0 saturated carbocycles. The Balaban J connectivity index is 1.89. The zero-order valence-corrected chi connectivity index (χ0v) is 12.4. The van der Waals surface area contributed by atoms with Crippen LogP contribution in [0.2, 0.25) is 0 Å². The number of methoxy groups -OCH3 is 1. The Bertz CT molecular complexity index is 329. The SMILES string of the molecule is CNCc1coc(COCCOCCOCCOC)c1. The van der Waals surface area contributed by atoms with Crippen molar-refractivity contribution in [2.75, 3.05) is 53.8 Å². The van der Waals surface area contributed by atoms with E-state index in [2.05, 4.69) is 5.32 Å². The fraction of sp³-hybridized carbons (Fsp3) is 0.714. The normalized spacial score (nSPS) is 11.1. The van der Waals surface area contributed by atoms with Crippen molar-refractivity contribution < 1.29 is 23.4 Å². The summed E-state index contributed by atoms with van der Waals surface area (Å²) in [5.74, 6) is 0.832. The summed E-state index contributed by atoms with van der Waals surface area (Å²) >= 11 is 0. The molecule has 1 heterocycles. The van der Waals surface area contributed by atoms with Gasteiger partial charge in [0, 0.05) is 19.2 Å². The molecule has 1 N–H and O–H groups in total. The molecule has 1 rings (SSSR count). The van der Waals surface area contributed by atoms with E-state index >= 15 is 0 Å². The van der Waals surface area contributed by atoms with Gasteiger partial charge in [0.2, 0.25) is 0 Å². The molecule has 0 fully saturated rings. The summed E-state index contributed by atoms with van der Waals surface area (Å²) in [6.45, 7) is 4.73. The van der Waals surface area contributed by atoms with Crippen LogP contribution in [-0.4, -0.2) is 53.8 Å². The van der Waals surface area contributed by atoms with Crippen LogP contribution in [0.5, 0.6) is 0 Å². The van der Waals surface area contributed by atoms with Gasteiger partial charge in [-0.1, -0.05) is 0 Å². The minimum absolute atomic E-state index is 0.470. The highest BCUT2D eigenvalue weighted by Gasteiger charge is 2.01. The zero-order chi connectivity index (χ0) is 14.5. The van der Waals surface area contributed by atoms with E-state index in [-0.39, 0.29) is 0 Å². The molecule has 0 atom stereocenters. The van der Waals surface area contributed by atoms with Crippen LogP contribution in [0.25, 0.3) is 0 Å². The van der Waals surface area contributed by atoms with Crippen molar-refractivity contribution in [3.63, 3.8) is 0 Å². The molecule has 6 heteroatoms. The van der Waals surface area contributed by atoms with Gasteiger partial charge in [-0.25, -0.2) is 0 Å². The molecule has 0 amide bonds. The van der Waals surface area contributed by atoms with Crippen molar-refractivity contribution >= 4 is 0 Å². The number of rotatable bonds is 13. The summed E-state index contributed by atoms with van der Waals surface area (Å²) in [4.78, 5) is 0. The first kappa shape index (κ1) is 17.1. The van der Waals surface area contributed by atoms with E-state index < -0.39 is 0 Å². The highest BCUT2D eigenvalue weighted by Crippen LogP contribution is 2.08. The highest BCUT2D eigenvalue weighted by atomic mass is 16.6. The van der Waals surface area contributed by atoms with Gasteiger partial charge in [0.25, 0.3) is 0 Å². The molecule has 0 radical (unpaired) electrons. The van der Waals surface area contributed by atoms with Crippen molar-refractivity contribution in [2.45, 2.75) is 13.2 Å². The number of ether oxygens (including phenoxy) is 4. The second-order valence-electron chi connectivity index (χ2n) is 4.22. The molecule has 0 aliphatic rings. The number of hydrogen-bond acceptors (Lipinski definition) is 6. The van der Waals surface area contributed by atoms with Crippen LogP contribution < -0.4 is 5.32 Å². The molecule has 0 aromatic carbocycles. The Labute approximate surface area is 120 Å². The van der Waals surface area contributed by atoms with Crippen LogP contribution in [0.15, 0.2) is 16.7 Å². The van der Waals surface area contributed by atoms with Crippen LogP contribution in [0, 0.1) is 0 Å². The van der Waals surface area contributed by atoms with Gasteiger partial charge in [0.15, 0.2) is 0 Å². The van der Waals surface area contributed by atoms with Crippen molar-refractivity contribution in [3.8, 4) is 0 Å². The summed E-state index contributed by atoms with van der Waals surface area (Å²) in [6, 6.07) is 1.99. The van der Waals surface area contributed by atoms with Gasteiger partial charge in [0.05, 0.1) is 45.9 Å². The van der Waals surface area contributed by atoms with Crippen LogP contribution in [0.3, 0.4) is 0 Å². The van der Waals surface area contributed by atoms with Crippen LogP contribution >= 0.6 is 0 Å². The first-order valence-electron chi connectivity index (χ1n) is 6.80. The third-order valence-corrected chi connectivity index (χ3v) is 2.51. The first-order chi connectivity index (χ1) is 9.86. The van der Waals surface area contributed by atoms with Gasteiger partial charge in [-0.3, -0.25) is 0 Å². The van der Waals surface area contributed by atoms with E-state index in [9.17, 15) is 0 Å². The van der Waals surface area contributed by atoms with E-state index in [0.717, 1.165) is 17.9 Å². The standard InChI is InChI=1S/C14H25NO5/c1-15-10-13-9-14(20-11-13)12-19-8-7-18-6-5-17-4-3-16-2/h9,11,15H,3-8,10,12H2,1-2H3. The maximum atomic E-state index is 5.46. The van der Waals surface area contributed by atoms with E-state index in [0.29, 0.717) is 46.2 Å². The second-order valence-corrected chi connectivity index (χ2v) is 4.22. The summed E-state index contributed by atoms with van der Waals surface area (Å²) in [5, 5.41) is 3.07. The molecule has 0 spiro atoms. The Kier molecular flexibility index (Phi) is 10.2. The minimum Gasteiger partial charge on any atom is -0.467 e. The molecular formula is C14H25NO5. The van der Waals surface area contributed by atoms with Crippen LogP contribution in [0.1, 0.15) is 11.3 Å². The fourth-order valence-electron chi connectivity index (χ4n) is 1.55. The molecule has 6 nitrogen and oxygen atoms in total. The maximum Gasteiger partial charge on any atom is 0.129 e. The van der Waals surface area contributed by atoms with Gasteiger partial charge in [0.1, 0.15) is 12.4 Å². The molecule has 0 unspecified atom stereocenters. The van der Waals surface area contributed by atoms with Crippen LogP contribution in [0.4, 0.5) is 0 Å². The zero-order valence-electron chi connectivity index (χ0n) is 12.4. The Hall–Kier alpha value is -0.920. The average Bonchev–Trinajstić information content (AvgIpc) is 2.89. The third kappa shape index (κ3) is 8.29. The molecule has 0 saturated heterocycles. The first-order valence-corrected chi connectivity index (χ1v) is 6.80. The largest absolute Gasteiger partial charge is 0.467 e. The molecule has 0 bridgehead atoms. The summed E-state index contributed by atoms with van der Waals surface area (Å²) in [5.41, 5.74) is 1.12. The lowest BCUT2D eigenvalue weighted by Gasteiger charge is -2.05. The van der Waals surface area contributed by atoms with E-state index in [1.165, 1.54) is 0 Å². The van der Waals surface area contributed by atoms with Crippen molar-refractivity contribution in [3.05, 3.63) is 23.7 Å². The summed E-state index contributed by atoms with van der Waals surface area (Å²) in [6.07, 6.45) is 1.74. The Morgan fingerprint density at radius 3 is 2.30 bits per heavy atom. The van der Waals surface area contributed by atoms with Gasteiger partial charge in [-0.2, -0.15) is 0 Å². The maximum absolute atomic E-state index is 5.46. The van der Waals surface area contributed by atoms with Gasteiger partial charge >= 0.3 is 0 Å². The van der Waals surface area contributed by atoms with Crippen molar-refractivity contribution in [1.29, 1.82) is 0 Å². The third-order valence-electron chi connectivity index (χ3n) is 2.51. The number of furan rings is 1. The van der Waals surface area contributed by atoms with Crippen LogP contribution in [-0.2, 0) is 32.1 Å². The lowest BCUT2D eigenvalue weighted by atomic mass is 10.3. The monoisotopic (exact) mass is 287 g/mol. The topological polar surface area (TPSA) is 62.1 Å². The van der Waals surface area contributed by atoms with Gasteiger partial charge < -0.3 is 28.7 Å². The van der Waals surface area contributed by atoms with E-state index in [1.807, 2.05) is 13.1 Å². The lowest BCUT2D eigenvalue weighted by Crippen LogP contribution is -2.11. The summed E-state index contributed by atoms with van der Waals surface area (Å²) in [7, 11) is 3.55. The predicted molar refractivity (Wildman–Crippen MR) is 74.6 cm³/mol. The Morgan fingerprint density at radius 1 is 1.00 bits per heavy atom. The highest BCUT2D eigenvalue weighted by molar-refractivity contribution is 5.11. The fourth-order valence-corrected chi connectivity index (χ4v) is 1.55. The van der Waals surface area contributed by atoms with E-state index in [4.69, 9.17) is 23.4 Å². The molecule has 1 aromatic rings. The molecule has 0 aliphatic carbocycles. The smallest absolute Gasteiger partial charge is 0.129 e. The quantitative estimate of drug-likeness (QED) is 0.550.